The summed E-state index contributed by atoms with van der Waals surface area (Å²) in [7, 11) is 0. The molecule has 2 aromatic carbocycles. The van der Waals surface area contributed by atoms with E-state index in [4.69, 9.17) is 0 Å². The highest BCUT2D eigenvalue weighted by Gasteiger charge is 2.13. The zero-order valence-electron chi connectivity index (χ0n) is 11.5. The van der Waals surface area contributed by atoms with Gasteiger partial charge in [0.2, 0.25) is 0 Å². The molecule has 0 spiro atoms. The highest BCUT2D eigenvalue weighted by Crippen LogP contribution is 2.33. The van der Waals surface area contributed by atoms with Gasteiger partial charge in [0, 0.05) is 0 Å². The summed E-state index contributed by atoms with van der Waals surface area (Å²) in [5.74, 6) is 0. The number of allylic oxidation sites excluding steroid dienone is 4. The van der Waals surface area contributed by atoms with Crippen molar-refractivity contribution >= 4 is 22.9 Å². The van der Waals surface area contributed by atoms with Crippen LogP contribution in [0.4, 0.5) is 0 Å². The van der Waals surface area contributed by atoms with E-state index in [2.05, 4.69) is 74.6 Å². The maximum atomic E-state index is 2.24. The lowest BCUT2D eigenvalue weighted by atomic mass is 9.88. The summed E-state index contributed by atoms with van der Waals surface area (Å²) in [6.45, 7) is 4.31. The van der Waals surface area contributed by atoms with Crippen molar-refractivity contribution in [1.82, 2.24) is 0 Å². The first-order valence-corrected chi connectivity index (χ1v) is 6.83. The van der Waals surface area contributed by atoms with Gasteiger partial charge in [0.15, 0.2) is 0 Å². The Morgan fingerprint density at radius 3 is 2.63 bits per heavy atom. The first-order valence-electron chi connectivity index (χ1n) is 6.83. The molecule has 0 saturated heterocycles. The van der Waals surface area contributed by atoms with Crippen molar-refractivity contribution in [1.29, 1.82) is 0 Å². The van der Waals surface area contributed by atoms with E-state index >= 15 is 0 Å². The van der Waals surface area contributed by atoms with Crippen molar-refractivity contribution in [3.8, 4) is 0 Å². The molecule has 0 fully saturated rings. The van der Waals surface area contributed by atoms with E-state index in [0.29, 0.717) is 0 Å². The second kappa shape index (κ2) is 4.89. The van der Waals surface area contributed by atoms with Gasteiger partial charge in [0.1, 0.15) is 0 Å². The lowest BCUT2D eigenvalue weighted by Crippen LogP contribution is -1.97. The van der Waals surface area contributed by atoms with Crippen molar-refractivity contribution in [3.05, 3.63) is 70.8 Å². The summed E-state index contributed by atoms with van der Waals surface area (Å²) in [5, 5.41) is 2.76. The fraction of sp³-hybridized carbons (Fsp3) is 0.158. The minimum absolute atomic E-state index is 1.01. The number of hydrogen-bond donors (Lipinski definition) is 0. The van der Waals surface area contributed by atoms with Crippen LogP contribution in [0.3, 0.4) is 0 Å². The van der Waals surface area contributed by atoms with Crippen LogP contribution in [0.25, 0.3) is 22.9 Å². The van der Waals surface area contributed by atoms with Crippen LogP contribution < -0.4 is 0 Å². The SMILES string of the molecule is C/C=C\c1c2c(c3ccccc3c1C)CC=CC=C2. The molecule has 0 bridgehead atoms. The van der Waals surface area contributed by atoms with Gasteiger partial charge in [-0.15, -0.1) is 0 Å². The molecule has 0 heteroatoms. The average molecular weight is 246 g/mol. The number of benzene rings is 2. The molecule has 0 aliphatic heterocycles. The molecule has 94 valence electrons. The molecule has 0 aromatic heterocycles. The quantitative estimate of drug-likeness (QED) is 0.640. The van der Waals surface area contributed by atoms with E-state index in [1.807, 2.05) is 0 Å². The molecule has 0 atom stereocenters. The first kappa shape index (κ1) is 12.0. The third-order valence-electron chi connectivity index (χ3n) is 3.84. The molecule has 0 N–H and O–H groups in total. The van der Waals surface area contributed by atoms with Crippen molar-refractivity contribution < 1.29 is 0 Å². The number of fused-ring (bicyclic) bond motifs is 3. The molecular formula is C19H18. The van der Waals surface area contributed by atoms with Crippen molar-refractivity contribution in [3.63, 3.8) is 0 Å². The van der Waals surface area contributed by atoms with Crippen LogP contribution in [-0.2, 0) is 6.42 Å². The van der Waals surface area contributed by atoms with E-state index < -0.39 is 0 Å². The van der Waals surface area contributed by atoms with Gasteiger partial charge in [-0.1, -0.05) is 60.7 Å². The Morgan fingerprint density at radius 1 is 1.05 bits per heavy atom. The molecule has 1 aliphatic rings. The fourth-order valence-corrected chi connectivity index (χ4v) is 2.94. The summed E-state index contributed by atoms with van der Waals surface area (Å²) < 4.78 is 0. The standard InChI is InChI=1S/C19H18/c1-3-9-15-14(2)16-10-7-8-13-18(16)19-12-6-4-5-11-17(15)19/h3-11,13H,12H2,1-2H3/b9-3-. The summed E-state index contributed by atoms with van der Waals surface area (Å²) in [4.78, 5) is 0. The smallest absolute Gasteiger partial charge is 0.00820 e. The van der Waals surface area contributed by atoms with Crippen LogP contribution in [-0.4, -0.2) is 0 Å². The van der Waals surface area contributed by atoms with Crippen LogP contribution >= 0.6 is 0 Å². The molecule has 0 unspecified atom stereocenters. The maximum Gasteiger partial charge on any atom is -0.00820 e. The molecule has 0 heterocycles. The average Bonchev–Trinajstić information content (AvgIpc) is 2.69. The topological polar surface area (TPSA) is 0 Å². The van der Waals surface area contributed by atoms with Gasteiger partial charge in [-0.05, 0) is 53.3 Å². The highest BCUT2D eigenvalue weighted by atomic mass is 14.2. The Bertz CT molecular complexity index is 712. The molecule has 2 aromatic rings. The normalized spacial score (nSPS) is 14.0. The van der Waals surface area contributed by atoms with Gasteiger partial charge >= 0.3 is 0 Å². The molecule has 19 heavy (non-hydrogen) atoms. The van der Waals surface area contributed by atoms with Gasteiger partial charge in [-0.2, -0.15) is 0 Å². The van der Waals surface area contributed by atoms with Gasteiger partial charge in [-0.3, -0.25) is 0 Å². The van der Waals surface area contributed by atoms with Crippen LogP contribution in [0.1, 0.15) is 29.2 Å². The summed E-state index contributed by atoms with van der Waals surface area (Å²) in [5.41, 5.74) is 5.55. The molecule has 0 saturated carbocycles. The molecule has 0 radical (unpaired) electrons. The first-order chi connectivity index (χ1) is 9.33. The third-order valence-corrected chi connectivity index (χ3v) is 3.84. The van der Waals surface area contributed by atoms with Crippen molar-refractivity contribution in [2.24, 2.45) is 0 Å². The van der Waals surface area contributed by atoms with E-state index in [1.165, 1.54) is 33.0 Å². The number of rotatable bonds is 1. The van der Waals surface area contributed by atoms with Gasteiger partial charge < -0.3 is 0 Å². The van der Waals surface area contributed by atoms with Gasteiger partial charge in [-0.25, -0.2) is 0 Å². The van der Waals surface area contributed by atoms with E-state index in [1.54, 1.807) is 0 Å². The van der Waals surface area contributed by atoms with Crippen molar-refractivity contribution in [2.75, 3.05) is 0 Å². The highest BCUT2D eigenvalue weighted by molar-refractivity contribution is 5.95. The third kappa shape index (κ3) is 1.94. The Balaban J connectivity index is 2.48. The predicted molar refractivity (Wildman–Crippen MR) is 85.3 cm³/mol. The number of aryl methyl sites for hydroxylation is 1. The second-order valence-electron chi connectivity index (χ2n) is 4.97. The van der Waals surface area contributed by atoms with E-state index in [-0.39, 0.29) is 0 Å². The van der Waals surface area contributed by atoms with Gasteiger partial charge in [0.25, 0.3) is 0 Å². The number of hydrogen-bond acceptors (Lipinski definition) is 0. The van der Waals surface area contributed by atoms with Crippen LogP contribution in [0, 0.1) is 6.92 Å². The Kier molecular flexibility index (Phi) is 3.08. The second-order valence-corrected chi connectivity index (χ2v) is 4.97. The maximum absolute atomic E-state index is 2.24. The Hall–Kier alpha value is -2.08. The lowest BCUT2D eigenvalue weighted by Gasteiger charge is -2.16. The molecule has 0 amide bonds. The minimum atomic E-state index is 1.01. The molecule has 3 rings (SSSR count). The summed E-state index contributed by atoms with van der Waals surface area (Å²) >= 11 is 0. The van der Waals surface area contributed by atoms with Crippen LogP contribution in [0.15, 0.2) is 48.6 Å². The Morgan fingerprint density at radius 2 is 1.84 bits per heavy atom. The zero-order chi connectivity index (χ0) is 13.2. The van der Waals surface area contributed by atoms with Gasteiger partial charge in [0.05, 0.1) is 0 Å². The monoisotopic (exact) mass is 246 g/mol. The molecule has 0 nitrogen and oxygen atoms in total. The van der Waals surface area contributed by atoms with Crippen LogP contribution in [0.5, 0.6) is 0 Å². The summed E-state index contributed by atoms with van der Waals surface area (Å²) in [6.07, 6.45) is 14.1. The minimum Gasteiger partial charge on any atom is -0.0870 e. The van der Waals surface area contributed by atoms with E-state index in [0.717, 1.165) is 6.42 Å². The zero-order valence-corrected chi connectivity index (χ0v) is 11.5. The summed E-state index contributed by atoms with van der Waals surface area (Å²) in [6, 6.07) is 8.74. The molecular weight excluding hydrogens is 228 g/mol. The van der Waals surface area contributed by atoms with Crippen LogP contribution in [0.2, 0.25) is 0 Å². The molecule has 1 aliphatic carbocycles. The van der Waals surface area contributed by atoms with Crippen molar-refractivity contribution in [2.45, 2.75) is 20.3 Å². The fourth-order valence-electron chi connectivity index (χ4n) is 2.94. The largest absolute Gasteiger partial charge is 0.0870 e. The Labute approximate surface area is 114 Å². The lowest BCUT2D eigenvalue weighted by molar-refractivity contribution is 1.28. The predicted octanol–water partition coefficient (Wildman–Crippen LogP) is 5.31. The van der Waals surface area contributed by atoms with E-state index in [9.17, 15) is 0 Å².